The number of pyridine rings is 1. The van der Waals surface area contributed by atoms with Crippen LogP contribution < -0.4 is 4.90 Å². The maximum atomic E-state index is 12.7. The number of likely N-dealkylation sites (N-methyl/N-ethyl adjacent to an activating group) is 1. The Morgan fingerprint density at radius 2 is 2.04 bits per heavy atom. The molecule has 0 saturated carbocycles. The lowest BCUT2D eigenvalue weighted by molar-refractivity contribution is 0.0570. The zero-order valence-corrected chi connectivity index (χ0v) is 14.8. The first kappa shape index (κ1) is 17.2. The van der Waals surface area contributed by atoms with Crippen molar-refractivity contribution in [1.29, 1.82) is 0 Å². The van der Waals surface area contributed by atoms with Crippen LogP contribution in [0.5, 0.6) is 0 Å². The number of nitrogens with zero attached hydrogens (tertiary/aromatic N) is 4. The Hall–Kier alpha value is -1.66. The fourth-order valence-corrected chi connectivity index (χ4v) is 3.54. The quantitative estimate of drug-likeness (QED) is 0.833. The van der Waals surface area contributed by atoms with E-state index in [-0.39, 0.29) is 5.91 Å². The van der Waals surface area contributed by atoms with Crippen molar-refractivity contribution in [3.8, 4) is 0 Å². The lowest BCUT2D eigenvalue weighted by Gasteiger charge is -2.33. The van der Waals surface area contributed by atoms with Gasteiger partial charge in [-0.2, -0.15) is 0 Å². The molecule has 0 aromatic carbocycles. The molecule has 3 rings (SSSR count). The van der Waals surface area contributed by atoms with Gasteiger partial charge in [0.05, 0.1) is 12.2 Å². The summed E-state index contributed by atoms with van der Waals surface area (Å²) in [6, 6.07) is 3.90. The summed E-state index contributed by atoms with van der Waals surface area (Å²) in [7, 11) is 3.86. The highest BCUT2D eigenvalue weighted by Crippen LogP contribution is 2.20. The molecule has 1 aromatic rings. The van der Waals surface area contributed by atoms with Gasteiger partial charge >= 0.3 is 0 Å². The zero-order chi connectivity index (χ0) is 16.9. The number of likely N-dealkylation sites (tertiary alicyclic amines) is 1. The van der Waals surface area contributed by atoms with Gasteiger partial charge < -0.3 is 19.4 Å². The molecular weight excluding hydrogens is 304 g/mol. The van der Waals surface area contributed by atoms with Gasteiger partial charge in [0, 0.05) is 52.6 Å². The van der Waals surface area contributed by atoms with E-state index < -0.39 is 0 Å². The highest BCUT2D eigenvalue weighted by Gasteiger charge is 2.25. The van der Waals surface area contributed by atoms with E-state index in [0.29, 0.717) is 11.5 Å². The Morgan fingerprint density at radius 1 is 1.25 bits per heavy atom. The lowest BCUT2D eigenvalue weighted by Crippen LogP contribution is -2.44. The minimum absolute atomic E-state index is 0.0910. The Kier molecular flexibility index (Phi) is 5.68. The topological polar surface area (TPSA) is 48.9 Å². The number of ether oxygens (including phenoxy) is 1. The number of carbonyl (C=O) groups is 1. The van der Waals surface area contributed by atoms with Gasteiger partial charge in [-0.25, -0.2) is 4.98 Å². The normalized spacial score (nSPS) is 22.7. The second-order valence-corrected chi connectivity index (χ2v) is 6.91. The number of anilines is 1. The van der Waals surface area contributed by atoms with Crippen LogP contribution in [-0.4, -0.2) is 80.7 Å². The third-order valence-corrected chi connectivity index (χ3v) is 5.03. The molecule has 1 unspecified atom stereocenters. The third kappa shape index (κ3) is 4.05. The number of piperidine rings is 1. The SMILES string of the molecule is COCC1CCCN(C(=O)c2ccc(N3CCN(C)CC3)nc2)C1. The summed E-state index contributed by atoms with van der Waals surface area (Å²) >= 11 is 0. The maximum absolute atomic E-state index is 12.7. The summed E-state index contributed by atoms with van der Waals surface area (Å²) in [4.78, 5) is 23.8. The van der Waals surface area contributed by atoms with Crippen molar-refractivity contribution in [1.82, 2.24) is 14.8 Å². The van der Waals surface area contributed by atoms with E-state index in [0.717, 1.165) is 64.5 Å². The molecule has 0 radical (unpaired) electrons. The number of amides is 1. The Labute approximate surface area is 144 Å². The van der Waals surface area contributed by atoms with Gasteiger partial charge in [0.2, 0.25) is 0 Å². The van der Waals surface area contributed by atoms with Gasteiger partial charge in [-0.3, -0.25) is 4.79 Å². The summed E-state index contributed by atoms with van der Waals surface area (Å²) in [5.74, 6) is 1.51. The maximum Gasteiger partial charge on any atom is 0.255 e. The van der Waals surface area contributed by atoms with Crippen LogP contribution in [0, 0.1) is 5.92 Å². The molecule has 6 heteroatoms. The molecule has 1 atom stereocenters. The molecule has 0 bridgehead atoms. The highest BCUT2D eigenvalue weighted by molar-refractivity contribution is 5.94. The van der Waals surface area contributed by atoms with E-state index in [1.54, 1.807) is 13.3 Å². The van der Waals surface area contributed by atoms with Gasteiger partial charge in [0.25, 0.3) is 5.91 Å². The Morgan fingerprint density at radius 3 is 2.71 bits per heavy atom. The molecule has 2 aliphatic rings. The average Bonchev–Trinajstić information content (AvgIpc) is 2.62. The molecule has 0 aliphatic carbocycles. The third-order valence-electron chi connectivity index (χ3n) is 5.03. The molecular formula is C18H28N4O2. The number of methoxy groups -OCH3 is 1. The summed E-state index contributed by atoms with van der Waals surface area (Å²) in [5, 5.41) is 0. The summed E-state index contributed by atoms with van der Waals surface area (Å²) in [6.07, 6.45) is 3.92. The van der Waals surface area contributed by atoms with Crippen LogP contribution in [0.15, 0.2) is 18.3 Å². The first-order valence-corrected chi connectivity index (χ1v) is 8.85. The van der Waals surface area contributed by atoms with E-state index in [4.69, 9.17) is 4.74 Å². The molecule has 0 spiro atoms. The Balaban J connectivity index is 1.61. The zero-order valence-electron chi connectivity index (χ0n) is 14.8. The monoisotopic (exact) mass is 332 g/mol. The van der Waals surface area contributed by atoms with Gasteiger partial charge in [-0.15, -0.1) is 0 Å². The number of hydrogen-bond acceptors (Lipinski definition) is 5. The summed E-state index contributed by atoms with van der Waals surface area (Å²) in [5.41, 5.74) is 0.686. The average molecular weight is 332 g/mol. The summed E-state index contributed by atoms with van der Waals surface area (Å²) in [6.45, 7) is 6.42. The molecule has 24 heavy (non-hydrogen) atoms. The second-order valence-electron chi connectivity index (χ2n) is 6.91. The standard InChI is InChI=1S/C18H28N4O2/c1-20-8-10-21(11-9-20)17-6-5-16(12-19-17)18(23)22-7-3-4-15(13-22)14-24-2/h5-6,12,15H,3-4,7-11,13-14H2,1-2H3. The Bertz CT molecular complexity index is 538. The second kappa shape index (κ2) is 7.94. The van der Waals surface area contributed by atoms with Gasteiger partial charge in [0.15, 0.2) is 0 Å². The number of piperazine rings is 1. The van der Waals surface area contributed by atoms with Crippen LogP contribution in [0.3, 0.4) is 0 Å². The molecule has 2 saturated heterocycles. The molecule has 1 amide bonds. The van der Waals surface area contributed by atoms with Crippen molar-refractivity contribution >= 4 is 11.7 Å². The van der Waals surface area contributed by atoms with Crippen LogP contribution in [-0.2, 0) is 4.74 Å². The first-order chi connectivity index (χ1) is 11.7. The van der Waals surface area contributed by atoms with E-state index in [2.05, 4.69) is 21.8 Å². The fourth-order valence-electron chi connectivity index (χ4n) is 3.54. The molecule has 6 nitrogen and oxygen atoms in total. The number of rotatable bonds is 4. The number of hydrogen-bond donors (Lipinski definition) is 0. The van der Waals surface area contributed by atoms with E-state index in [1.165, 1.54) is 0 Å². The molecule has 2 fully saturated rings. The molecule has 2 aliphatic heterocycles. The molecule has 0 N–H and O–H groups in total. The van der Waals surface area contributed by atoms with Gasteiger partial charge in [-0.05, 0) is 37.9 Å². The van der Waals surface area contributed by atoms with Crippen LogP contribution in [0.2, 0.25) is 0 Å². The molecule has 3 heterocycles. The van der Waals surface area contributed by atoms with Crippen molar-refractivity contribution < 1.29 is 9.53 Å². The minimum atomic E-state index is 0.0910. The van der Waals surface area contributed by atoms with Crippen molar-refractivity contribution in [3.05, 3.63) is 23.9 Å². The summed E-state index contributed by atoms with van der Waals surface area (Å²) < 4.78 is 5.25. The van der Waals surface area contributed by atoms with Crippen LogP contribution in [0.1, 0.15) is 23.2 Å². The number of aromatic nitrogens is 1. The van der Waals surface area contributed by atoms with Crippen LogP contribution in [0.4, 0.5) is 5.82 Å². The van der Waals surface area contributed by atoms with Crippen LogP contribution in [0.25, 0.3) is 0 Å². The van der Waals surface area contributed by atoms with Gasteiger partial charge in [-0.1, -0.05) is 0 Å². The van der Waals surface area contributed by atoms with Crippen molar-refractivity contribution in [2.24, 2.45) is 5.92 Å². The van der Waals surface area contributed by atoms with Crippen molar-refractivity contribution in [2.75, 3.05) is 64.9 Å². The minimum Gasteiger partial charge on any atom is -0.384 e. The van der Waals surface area contributed by atoms with E-state index in [1.807, 2.05) is 17.0 Å². The molecule has 1 aromatic heterocycles. The fraction of sp³-hybridized carbons (Fsp3) is 0.667. The van der Waals surface area contributed by atoms with Crippen LogP contribution >= 0.6 is 0 Å². The predicted molar refractivity (Wildman–Crippen MR) is 94.5 cm³/mol. The van der Waals surface area contributed by atoms with E-state index in [9.17, 15) is 4.79 Å². The highest BCUT2D eigenvalue weighted by atomic mass is 16.5. The number of carbonyl (C=O) groups excluding carboxylic acids is 1. The van der Waals surface area contributed by atoms with E-state index >= 15 is 0 Å². The molecule has 132 valence electrons. The lowest BCUT2D eigenvalue weighted by atomic mass is 9.98. The van der Waals surface area contributed by atoms with Crippen molar-refractivity contribution in [2.45, 2.75) is 12.8 Å². The smallest absolute Gasteiger partial charge is 0.255 e. The largest absolute Gasteiger partial charge is 0.384 e. The van der Waals surface area contributed by atoms with Crippen molar-refractivity contribution in [3.63, 3.8) is 0 Å². The van der Waals surface area contributed by atoms with Gasteiger partial charge in [0.1, 0.15) is 5.82 Å². The first-order valence-electron chi connectivity index (χ1n) is 8.85. The predicted octanol–water partition coefficient (Wildman–Crippen LogP) is 1.33.